The van der Waals surface area contributed by atoms with Crippen LogP contribution in [0.5, 0.6) is 0 Å². The molecule has 0 aliphatic heterocycles. The number of rotatable bonds is 3. The van der Waals surface area contributed by atoms with Crippen LogP contribution >= 0.6 is 24.2 Å². The largest absolute Gasteiger partial charge is 0.375 e. The van der Waals surface area contributed by atoms with Crippen LogP contribution < -0.4 is 5.32 Å². The molecule has 0 bridgehead atoms. The van der Waals surface area contributed by atoms with Gasteiger partial charge in [0.1, 0.15) is 0 Å². The topological polar surface area (TPSA) is 29.1 Å². The molecule has 4 heteroatoms. The molecule has 0 heterocycles. The first kappa shape index (κ1) is 10.4. The Labute approximate surface area is 87.7 Å². The van der Waals surface area contributed by atoms with Gasteiger partial charge >= 0.3 is 0 Å². The zero-order chi connectivity index (χ0) is 9.84. The predicted octanol–water partition coefficient (Wildman–Crippen LogP) is 2.60. The first-order valence-electron chi connectivity index (χ1n) is 3.84. The normalized spacial score (nSPS) is 12.2. The number of carbonyl (C=O) groups excluding carboxylic acids is 1. The number of halogens is 1. The molecule has 0 saturated heterocycles. The summed E-state index contributed by atoms with van der Waals surface area (Å²) in [6.07, 6.45) is 0. The quantitative estimate of drug-likeness (QED) is 0.759. The highest BCUT2D eigenvalue weighted by Crippen LogP contribution is 2.14. The summed E-state index contributed by atoms with van der Waals surface area (Å²) in [7, 11) is 0. The van der Waals surface area contributed by atoms with Crippen LogP contribution in [0.1, 0.15) is 6.92 Å². The number of carbonyl (C=O) groups is 1. The molecular formula is C9H10ClNOS. The summed E-state index contributed by atoms with van der Waals surface area (Å²) in [5, 5.41) is 3.48. The molecule has 1 N–H and O–H groups in total. The highest BCUT2D eigenvalue weighted by Gasteiger charge is 2.06. The van der Waals surface area contributed by atoms with Gasteiger partial charge in [0.15, 0.2) is 0 Å². The number of nitrogens with one attached hydrogen (secondary N) is 1. The lowest BCUT2D eigenvalue weighted by atomic mass is 10.3. The van der Waals surface area contributed by atoms with E-state index in [2.05, 4.69) is 17.9 Å². The summed E-state index contributed by atoms with van der Waals surface area (Å²) in [6.45, 7) is 1.75. The van der Waals surface area contributed by atoms with Gasteiger partial charge < -0.3 is 5.32 Å². The van der Waals surface area contributed by atoms with Gasteiger partial charge in [0.2, 0.25) is 5.12 Å². The van der Waals surface area contributed by atoms with Crippen molar-refractivity contribution < 1.29 is 4.79 Å². The van der Waals surface area contributed by atoms with E-state index in [1.807, 2.05) is 12.1 Å². The SMILES string of the molecule is C[C@H](Nc1ccc(Cl)cc1)C(=O)S. The van der Waals surface area contributed by atoms with Gasteiger partial charge in [0, 0.05) is 10.7 Å². The van der Waals surface area contributed by atoms with Crippen molar-refractivity contribution in [1.82, 2.24) is 0 Å². The van der Waals surface area contributed by atoms with E-state index in [1.54, 1.807) is 19.1 Å². The molecule has 1 rings (SSSR count). The predicted molar refractivity (Wildman–Crippen MR) is 58.5 cm³/mol. The minimum absolute atomic E-state index is 0.185. The van der Waals surface area contributed by atoms with Crippen molar-refractivity contribution >= 4 is 35.0 Å². The molecule has 0 amide bonds. The van der Waals surface area contributed by atoms with Crippen molar-refractivity contribution in [3.05, 3.63) is 29.3 Å². The molecule has 0 aliphatic carbocycles. The zero-order valence-corrected chi connectivity index (χ0v) is 8.77. The highest BCUT2D eigenvalue weighted by atomic mass is 35.5. The van der Waals surface area contributed by atoms with Gasteiger partial charge in [-0.3, -0.25) is 4.79 Å². The maximum Gasteiger partial charge on any atom is 0.207 e. The maximum atomic E-state index is 10.8. The van der Waals surface area contributed by atoms with E-state index >= 15 is 0 Å². The Morgan fingerprint density at radius 2 is 2.00 bits per heavy atom. The minimum atomic E-state index is -0.287. The Kier molecular flexibility index (Phi) is 3.63. The summed E-state index contributed by atoms with van der Waals surface area (Å²) in [5.74, 6) is 0. The van der Waals surface area contributed by atoms with E-state index < -0.39 is 0 Å². The lowest BCUT2D eigenvalue weighted by Crippen LogP contribution is -2.21. The number of anilines is 1. The van der Waals surface area contributed by atoms with Crippen molar-refractivity contribution in [3.63, 3.8) is 0 Å². The molecule has 13 heavy (non-hydrogen) atoms. The average molecular weight is 216 g/mol. The standard InChI is InChI=1S/C9H10ClNOS/c1-6(9(12)13)11-8-4-2-7(10)3-5-8/h2-6,11H,1H3,(H,12,13)/t6-/m0/s1. The van der Waals surface area contributed by atoms with Crippen LogP contribution in [0.15, 0.2) is 24.3 Å². The van der Waals surface area contributed by atoms with Gasteiger partial charge in [0.05, 0.1) is 6.04 Å². The number of hydrogen-bond acceptors (Lipinski definition) is 2. The van der Waals surface area contributed by atoms with Crippen molar-refractivity contribution in [2.24, 2.45) is 0 Å². The summed E-state index contributed by atoms with van der Waals surface area (Å²) < 4.78 is 0. The second kappa shape index (κ2) is 4.53. The molecule has 70 valence electrons. The zero-order valence-electron chi connectivity index (χ0n) is 7.12. The van der Waals surface area contributed by atoms with Crippen LogP contribution in [0.2, 0.25) is 5.02 Å². The number of thiol groups is 1. The fraction of sp³-hybridized carbons (Fsp3) is 0.222. The molecule has 0 aliphatic rings. The Morgan fingerprint density at radius 1 is 1.46 bits per heavy atom. The molecule has 0 fully saturated rings. The molecule has 0 radical (unpaired) electrons. The molecule has 0 spiro atoms. The fourth-order valence-electron chi connectivity index (χ4n) is 0.858. The smallest absolute Gasteiger partial charge is 0.207 e. The van der Waals surface area contributed by atoms with E-state index in [1.165, 1.54) is 0 Å². The third-order valence-electron chi connectivity index (χ3n) is 1.60. The molecule has 1 aromatic rings. The lowest BCUT2D eigenvalue weighted by molar-refractivity contribution is -0.111. The minimum Gasteiger partial charge on any atom is -0.375 e. The van der Waals surface area contributed by atoms with E-state index in [4.69, 9.17) is 11.6 Å². The first-order valence-corrected chi connectivity index (χ1v) is 4.67. The number of benzene rings is 1. The molecule has 0 aromatic heterocycles. The summed E-state index contributed by atoms with van der Waals surface area (Å²) in [6, 6.07) is 6.87. The van der Waals surface area contributed by atoms with E-state index in [-0.39, 0.29) is 11.2 Å². The Balaban J connectivity index is 2.64. The monoisotopic (exact) mass is 215 g/mol. The van der Waals surface area contributed by atoms with Gasteiger partial charge in [-0.25, -0.2) is 0 Å². The maximum absolute atomic E-state index is 10.8. The third-order valence-corrected chi connectivity index (χ3v) is 2.24. The van der Waals surface area contributed by atoms with Crippen molar-refractivity contribution in [2.75, 3.05) is 5.32 Å². The summed E-state index contributed by atoms with van der Waals surface area (Å²) in [5.41, 5.74) is 0.860. The van der Waals surface area contributed by atoms with Gasteiger partial charge in [-0.15, -0.1) is 12.6 Å². The van der Waals surface area contributed by atoms with Gasteiger partial charge in [0.25, 0.3) is 0 Å². The van der Waals surface area contributed by atoms with Crippen LogP contribution in [0.4, 0.5) is 5.69 Å². The lowest BCUT2D eigenvalue weighted by Gasteiger charge is -2.10. The van der Waals surface area contributed by atoms with Gasteiger partial charge in [-0.1, -0.05) is 11.6 Å². The van der Waals surface area contributed by atoms with Crippen molar-refractivity contribution in [3.8, 4) is 0 Å². The molecule has 1 aromatic carbocycles. The Hall–Kier alpha value is -0.670. The van der Waals surface area contributed by atoms with Gasteiger partial charge in [-0.2, -0.15) is 0 Å². The van der Waals surface area contributed by atoms with Crippen LogP contribution in [0.3, 0.4) is 0 Å². The highest BCUT2D eigenvalue weighted by molar-refractivity contribution is 7.96. The molecule has 0 unspecified atom stereocenters. The summed E-state index contributed by atoms with van der Waals surface area (Å²) in [4.78, 5) is 10.8. The fourth-order valence-corrected chi connectivity index (χ4v) is 1.05. The average Bonchev–Trinajstić information content (AvgIpc) is 2.08. The summed E-state index contributed by atoms with van der Waals surface area (Å²) >= 11 is 9.42. The second-order valence-electron chi connectivity index (χ2n) is 2.71. The van der Waals surface area contributed by atoms with Gasteiger partial charge in [-0.05, 0) is 31.2 Å². The van der Waals surface area contributed by atoms with Crippen molar-refractivity contribution in [2.45, 2.75) is 13.0 Å². The molecule has 0 saturated carbocycles. The van der Waals surface area contributed by atoms with Crippen molar-refractivity contribution in [1.29, 1.82) is 0 Å². The molecule has 1 atom stereocenters. The number of hydrogen-bond donors (Lipinski definition) is 2. The van der Waals surface area contributed by atoms with E-state index in [9.17, 15) is 4.79 Å². The van der Waals surface area contributed by atoms with E-state index in [0.29, 0.717) is 5.02 Å². The van der Waals surface area contributed by atoms with E-state index in [0.717, 1.165) is 5.69 Å². The first-order chi connectivity index (χ1) is 6.09. The van der Waals surface area contributed by atoms with Crippen LogP contribution in [0, 0.1) is 0 Å². The molecular weight excluding hydrogens is 206 g/mol. The third kappa shape index (κ3) is 3.28. The Bertz CT molecular complexity index is 299. The second-order valence-corrected chi connectivity index (χ2v) is 3.59. The van der Waals surface area contributed by atoms with Crippen LogP contribution in [-0.2, 0) is 4.79 Å². The molecule has 2 nitrogen and oxygen atoms in total. The van der Waals surface area contributed by atoms with Crippen LogP contribution in [0.25, 0.3) is 0 Å². The Morgan fingerprint density at radius 3 is 2.46 bits per heavy atom. The van der Waals surface area contributed by atoms with Crippen LogP contribution in [-0.4, -0.2) is 11.2 Å².